The molecule has 0 radical (unpaired) electrons. The minimum Gasteiger partial charge on any atom is -2.00 e. The fourth-order valence-electron chi connectivity index (χ4n) is 0. The molecule has 0 aliphatic rings. The van der Waals surface area contributed by atoms with Gasteiger partial charge in [-0.3, -0.25) is 0 Å². The molecule has 0 saturated heterocycles. The van der Waals surface area contributed by atoms with Gasteiger partial charge in [0.25, 0.3) is 0 Å². The van der Waals surface area contributed by atoms with Gasteiger partial charge in [-0.1, -0.05) is 6.92 Å². The Morgan fingerprint density at radius 2 is 1.50 bits per heavy atom. The Kier molecular flexibility index (Phi) is 46.3. The molecule has 0 unspecified atom stereocenters. The van der Waals surface area contributed by atoms with Crippen LogP contribution < -0.4 is 0 Å². The maximum Gasteiger partial charge on any atom is 4.00 e. The summed E-state index contributed by atoms with van der Waals surface area (Å²) in [4.78, 5) is 9.81. The summed E-state index contributed by atoms with van der Waals surface area (Å²) in [7, 11) is 0. The first-order chi connectivity index (χ1) is 2.27. The van der Waals surface area contributed by atoms with Gasteiger partial charge in [0.15, 0.2) is 0 Å². The van der Waals surface area contributed by atoms with Crippen molar-refractivity contribution in [2.24, 2.45) is 0 Å². The van der Waals surface area contributed by atoms with Crippen LogP contribution in [0.25, 0.3) is 0 Å². The predicted octanol–water partition coefficient (Wildman–Crippen LogP) is 0.745. The van der Waals surface area contributed by atoms with E-state index >= 15 is 0 Å². The van der Waals surface area contributed by atoms with E-state index in [1.165, 1.54) is 0 Å². The molecule has 0 aliphatic heterocycles. The number of carbonyl (C=O) groups is 1. The van der Waals surface area contributed by atoms with Gasteiger partial charge in [-0.2, -0.15) is 0 Å². The summed E-state index contributed by atoms with van der Waals surface area (Å²) in [5.74, 6) is 0.255. The Morgan fingerprint density at radius 1 is 1.38 bits per heavy atom. The van der Waals surface area contributed by atoms with Gasteiger partial charge >= 0.3 is 26.2 Å². The maximum absolute atomic E-state index is 9.81. The van der Waals surface area contributed by atoms with Crippen molar-refractivity contribution in [2.45, 2.75) is 20.3 Å². The van der Waals surface area contributed by atoms with Gasteiger partial charge < -0.3 is 15.7 Å². The van der Waals surface area contributed by atoms with E-state index in [0.29, 0.717) is 6.42 Å². The van der Waals surface area contributed by atoms with Crippen LogP contribution >= 0.6 is 0 Å². The standard InChI is InChI=1S/C4H8O.2O.Zr/c1-3-4(2)5;;;/h3H2,1-2H3;;;/q;2*-2;+4. The van der Waals surface area contributed by atoms with Crippen molar-refractivity contribution in [2.75, 3.05) is 0 Å². The second-order valence-corrected chi connectivity index (χ2v) is 1.06. The van der Waals surface area contributed by atoms with Crippen LogP contribution in [0, 0.1) is 0 Å². The molecule has 0 atom stereocenters. The van der Waals surface area contributed by atoms with Crippen LogP contribution in [0.5, 0.6) is 0 Å². The van der Waals surface area contributed by atoms with E-state index in [-0.39, 0.29) is 42.9 Å². The molecular formula is C4H8O3Zr. The quantitative estimate of drug-likeness (QED) is 0.608. The molecule has 0 saturated carbocycles. The third-order valence-electron chi connectivity index (χ3n) is 0.498. The fourth-order valence-corrected chi connectivity index (χ4v) is 0. The molecule has 0 rings (SSSR count). The zero-order chi connectivity index (χ0) is 4.28. The molecule has 8 heavy (non-hydrogen) atoms. The number of rotatable bonds is 1. The average molecular weight is 195 g/mol. The topological polar surface area (TPSA) is 74.1 Å². The van der Waals surface area contributed by atoms with E-state index in [2.05, 4.69) is 0 Å². The SMILES string of the molecule is CCC(C)=O.[O-2].[O-2].[Zr+4]. The summed E-state index contributed by atoms with van der Waals surface area (Å²) < 4.78 is 0. The maximum atomic E-state index is 9.81. The number of hydrogen-bond donors (Lipinski definition) is 0. The van der Waals surface area contributed by atoms with E-state index in [9.17, 15) is 4.79 Å². The first kappa shape index (κ1) is 23.6. The van der Waals surface area contributed by atoms with Gasteiger partial charge in [-0.25, -0.2) is 0 Å². The Bertz CT molecular complexity index is 46.5. The third kappa shape index (κ3) is 31.7. The molecule has 46 valence electrons. The van der Waals surface area contributed by atoms with Crippen LogP contribution in [0.15, 0.2) is 0 Å². The average Bonchev–Trinajstić information content (AvgIpc) is 1.38. The largest absolute Gasteiger partial charge is 4.00 e. The van der Waals surface area contributed by atoms with Crippen LogP contribution in [-0.2, 0) is 42.0 Å². The summed E-state index contributed by atoms with van der Waals surface area (Å²) in [5, 5.41) is 0. The Morgan fingerprint density at radius 3 is 1.50 bits per heavy atom. The Balaban J connectivity index is -0.0000000267. The second-order valence-electron chi connectivity index (χ2n) is 1.06. The number of ketones is 1. The molecule has 3 nitrogen and oxygen atoms in total. The Labute approximate surface area is 68.2 Å². The number of carbonyl (C=O) groups excluding carboxylic acids is 1. The molecule has 0 aromatic carbocycles. The van der Waals surface area contributed by atoms with Crippen LogP contribution in [0.4, 0.5) is 0 Å². The minimum atomic E-state index is 0. The first-order valence-corrected chi connectivity index (χ1v) is 1.76. The van der Waals surface area contributed by atoms with E-state index in [4.69, 9.17) is 0 Å². The van der Waals surface area contributed by atoms with Gasteiger partial charge in [-0.15, -0.1) is 0 Å². The van der Waals surface area contributed by atoms with E-state index in [0.717, 1.165) is 0 Å². The molecule has 0 aromatic rings. The summed E-state index contributed by atoms with van der Waals surface area (Å²) in [6.07, 6.45) is 0.667. The number of hydrogen-bond acceptors (Lipinski definition) is 1. The van der Waals surface area contributed by atoms with Gasteiger partial charge in [0, 0.05) is 6.42 Å². The monoisotopic (exact) mass is 194 g/mol. The molecule has 0 fully saturated rings. The van der Waals surface area contributed by atoms with Crippen molar-refractivity contribution in [3.8, 4) is 0 Å². The third-order valence-corrected chi connectivity index (χ3v) is 0.498. The predicted molar refractivity (Wildman–Crippen MR) is 22.3 cm³/mol. The van der Waals surface area contributed by atoms with Gasteiger partial charge in [0.2, 0.25) is 0 Å². The summed E-state index contributed by atoms with van der Waals surface area (Å²) >= 11 is 0. The number of Topliss-reactive ketones (excluding diaryl/α,β-unsaturated/α-hetero) is 1. The second kappa shape index (κ2) is 15.6. The van der Waals surface area contributed by atoms with Gasteiger partial charge in [0.05, 0.1) is 0 Å². The van der Waals surface area contributed by atoms with Gasteiger partial charge in [-0.05, 0) is 6.92 Å². The first-order valence-electron chi connectivity index (χ1n) is 1.76. The van der Waals surface area contributed by atoms with E-state index < -0.39 is 0 Å². The molecule has 0 N–H and O–H groups in total. The van der Waals surface area contributed by atoms with Crippen LogP contribution in [0.2, 0.25) is 0 Å². The molecule has 0 heterocycles. The van der Waals surface area contributed by atoms with Crippen molar-refractivity contribution in [1.29, 1.82) is 0 Å². The van der Waals surface area contributed by atoms with Crippen molar-refractivity contribution < 1.29 is 42.0 Å². The minimum absolute atomic E-state index is 0. The molecule has 0 aromatic heterocycles. The molecule has 0 amide bonds. The summed E-state index contributed by atoms with van der Waals surface area (Å²) in [6, 6.07) is 0. The Hall–Kier alpha value is 0.473. The van der Waals surface area contributed by atoms with E-state index in [1.54, 1.807) is 6.92 Å². The summed E-state index contributed by atoms with van der Waals surface area (Å²) in [5.41, 5.74) is 0. The normalized spacial score (nSPS) is 4.75. The summed E-state index contributed by atoms with van der Waals surface area (Å²) in [6.45, 7) is 3.43. The molecule has 4 heteroatoms. The van der Waals surface area contributed by atoms with Crippen LogP contribution in [0.1, 0.15) is 20.3 Å². The fraction of sp³-hybridized carbons (Fsp3) is 0.750. The van der Waals surface area contributed by atoms with Crippen LogP contribution in [0.3, 0.4) is 0 Å². The molecular weight excluding hydrogens is 187 g/mol. The molecule has 0 aliphatic carbocycles. The van der Waals surface area contributed by atoms with Gasteiger partial charge in [0.1, 0.15) is 5.78 Å². The van der Waals surface area contributed by atoms with Crippen molar-refractivity contribution in [1.82, 2.24) is 0 Å². The van der Waals surface area contributed by atoms with E-state index in [1.807, 2.05) is 6.92 Å². The van der Waals surface area contributed by atoms with Crippen molar-refractivity contribution >= 4 is 5.78 Å². The molecule has 0 bridgehead atoms. The van der Waals surface area contributed by atoms with Crippen molar-refractivity contribution in [3.63, 3.8) is 0 Å². The smallest absolute Gasteiger partial charge is 2.00 e. The zero-order valence-electron chi connectivity index (χ0n) is 4.93. The molecule has 0 spiro atoms. The van der Waals surface area contributed by atoms with Crippen LogP contribution in [-0.4, -0.2) is 5.78 Å². The van der Waals surface area contributed by atoms with Crippen molar-refractivity contribution in [3.05, 3.63) is 0 Å². The zero-order valence-corrected chi connectivity index (χ0v) is 7.39.